The van der Waals surface area contributed by atoms with Gasteiger partial charge in [0.1, 0.15) is 23.2 Å². The number of alkyl halides is 1. The second-order valence-corrected chi connectivity index (χ2v) is 10.3. The fourth-order valence-corrected chi connectivity index (χ4v) is 7.54. The molecule has 3 rings (SSSR count). The highest BCUT2D eigenvalue weighted by Crippen LogP contribution is 2.55. The molecule has 0 saturated carbocycles. The molecule has 0 aromatic heterocycles. The maximum atomic E-state index is 3.60. The number of allylic oxidation sites excluding steroid dienone is 2. The van der Waals surface area contributed by atoms with Crippen LogP contribution in [-0.2, 0) is 0 Å². The summed E-state index contributed by atoms with van der Waals surface area (Å²) in [6.07, 6.45) is 3.46. The summed E-state index contributed by atoms with van der Waals surface area (Å²) in [7, 11) is -1.72. The molecule has 0 aliphatic carbocycles. The quantitative estimate of drug-likeness (QED) is 0.283. The van der Waals surface area contributed by atoms with Crippen LogP contribution in [0.2, 0.25) is 0 Å². The van der Waals surface area contributed by atoms with Crippen molar-refractivity contribution < 1.29 is 17.0 Å². The van der Waals surface area contributed by atoms with Gasteiger partial charge in [0.2, 0.25) is 0 Å². The Morgan fingerprint density at radius 2 is 1.08 bits per heavy atom. The molecule has 0 aliphatic rings. The monoisotopic (exact) mass is 488 g/mol. The van der Waals surface area contributed by atoms with Crippen molar-refractivity contribution in [1.29, 1.82) is 0 Å². The number of benzene rings is 3. The van der Waals surface area contributed by atoms with Crippen molar-refractivity contribution in [1.82, 2.24) is 0 Å². The highest BCUT2D eigenvalue weighted by Gasteiger charge is 2.44. The first-order valence-corrected chi connectivity index (χ1v) is 11.6. The van der Waals surface area contributed by atoms with E-state index in [0.29, 0.717) is 0 Å². The highest BCUT2D eigenvalue weighted by atomic mass is 79.9. The van der Waals surface area contributed by atoms with Crippen molar-refractivity contribution in [2.45, 2.75) is 6.92 Å². The van der Waals surface area contributed by atoms with Gasteiger partial charge in [0, 0.05) is 5.33 Å². The van der Waals surface area contributed by atoms with E-state index in [9.17, 15) is 0 Å². The van der Waals surface area contributed by atoms with Crippen LogP contribution in [0.15, 0.2) is 103 Å². The molecule has 0 radical (unpaired) electrons. The number of rotatable bonds is 6. The predicted octanol–water partition coefficient (Wildman–Crippen LogP) is 2.33. The van der Waals surface area contributed by atoms with Gasteiger partial charge in [0.05, 0.1) is 6.16 Å². The van der Waals surface area contributed by atoms with Crippen LogP contribution >= 0.6 is 23.2 Å². The average molecular weight is 490 g/mol. The van der Waals surface area contributed by atoms with Gasteiger partial charge in [-0.25, -0.2) is 0 Å². The molecule has 0 unspecified atom stereocenters. The molecule has 3 aromatic carbocycles. The third kappa shape index (κ3) is 4.55. The fraction of sp³-hybridized carbons (Fsp3) is 0.130. The van der Waals surface area contributed by atoms with Gasteiger partial charge >= 0.3 is 0 Å². The smallest absolute Gasteiger partial charge is 0.115 e. The van der Waals surface area contributed by atoms with E-state index in [2.05, 4.69) is 120 Å². The first kappa shape index (κ1) is 21.1. The van der Waals surface area contributed by atoms with Gasteiger partial charge in [-0.1, -0.05) is 76.1 Å². The standard InChI is InChI=1S/C23H23BrP.BrH/c1-20(19-24)17-18-25(21-11-5-2-6-12-21,22-13-7-3-8-14-22)23-15-9-4-10-16-23;/h2-17H,18-19H2,1H3;1H/q+1;/p-1/b20-17+;. The largest absolute Gasteiger partial charge is 1.00 e. The van der Waals surface area contributed by atoms with Gasteiger partial charge in [-0.15, -0.1) is 0 Å². The molecule has 0 heterocycles. The van der Waals surface area contributed by atoms with Gasteiger partial charge in [0.25, 0.3) is 0 Å². The topological polar surface area (TPSA) is 0 Å². The molecule has 0 atom stereocenters. The lowest BCUT2D eigenvalue weighted by atomic mass is 10.3. The fourth-order valence-electron chi connectivity index (χ4n) is 3.16. The van der Waals surface area contributed by atoms with Crippen molar-refractivity contribution in [3.8, 4) is 0 Å². The second kappa shape index (κ2) is 10.2. The molecule has 3 aromatic rings. The van der Waals surface area contributed by atoms with E-state index in [1.54, 1.807) is 0 Å². The summed E-state index contributed by atoms with van der Waals surface area (Å²) in [5, 5.41) is 5.23. The summed E-state index contributed by atoms with van der Waals surface area (Å²) in [6, 6.07) is 33.1. The highest BCUT2D eigenvalue weighted by molar-refractivity contribution is 9.09. The first-order chi connectivity index (χ1) is 12.3. The van der Waals surface area contributed by atoms with Crippen molar-refractivity contribution >= 4 is 39.1 Å². The normalized spacial score (nSPS) is 11.7. The lowest BCUT2D eigenvalue weighted by Crippen LogP contribution is -3.00. The number of hydrogen-bond acceptors (Lipinski definition) is 0. The predicted molar refractivity (Wildman–Crippen MR) is 118 cm³/mol. The molecular weight excluding hydrogens is 467 g/mol. The molecule has 0 saturated heterocycles. The van der Waals surface area contributed by atoms with Crippen LogP contribution in [0, 0.1) is 0 Å². The summed E-state index contributed by atoms with van der Waals surface area (Å²) in [6.45, 7) is 2.20. The van der Waals surface area contributed by atoms with E-state index in [4.69, 9.17) is 0 Å². The molecule has 0 nitrogen and oxygen atoms in total. The van der Waals surface area contributed by atoms with Gasteiger partial charge in [-0.3, -0.25) is 0 Å². The SMILES string of the molecule is C/C(=C\C[P+](c1ccccc1)(c1ccccc1)c1ccccc1)CBr.[Br-]. The van der Waals surface area contributed by atoms with Crippen molar-refractivity contribution in [2.24, 2.45) is 0 Å². The van der Waals surface area contributed by atoms with E-state index in [1.807, 2.05) is 0 Å². The van der Waals surface area contributed by atoms with Crippen LogP contribution in [0.5, 0.6) is 0 Å². The summed E-state index contributed by atoms with van der Waals surface area (Å²) in [5.74, 6) is 0. The van der Waals surface area contributed by atoms with Crippen LogP contribution in [0.1, 0.15) is 6.92 Å². The van der Waals surface area contributed by atoms with Gasteiger partial charge in [-0.05, 0) is 49.4 Å². The van der Waals surface area contributed by atoms with Gasteiger partial charge in [-0.2, -0.15) is 0 Å². The average Bonchev–Trinajstić information content (AvgIpc) is 2.71. The third-order valence-electron chi connectivity index (χ3n) is 4.52. The molecule has 0 amide bonds. The Kier molecular flexibility index (Phi) is 8.28. The van der Waals surface area contributed by atoms with Crippen molar-refractivity contribution in [3.63, 3.8) is 0 Å². The Bertz CT molecular complexity index is 718. The Hall–Kier alpha value is -1.21. The Morgan fingerprint density at radius 3 is 1.38 bits per heavy atom. The molecular formula is C23H23Br2P. The summed E-state index contributed by atoms with van der Waals surface area (Å²) in [4.78, 5) is 0. The van der Waals surface area contributed by atoms with Crippen LogP contribution in [-0.4, -0.2) is 11.5 Å². The lowest BCUT2D eigenvalue weighted by Gasteiger charge is -2.26. The van der Waals surface area contributed by atoms with Crippen LogP contribution < -0.4 is 32.9 Å². The van der Waals surface area contributed by atoms with Crippen LogP contribution in [0.25, 0.3) is 0 Å². The molecule has 0 N–H and O–H groups in total. The minimum Gasteiger partial charge on any atom is -1.00 e. The maximum Gasteiger partial charge on any atom is 0.115 e. The van der Waals surface area contributed by atoms with Crippen molar-refractivity contribution in [2.75, 3.05) is 11.5 Å². The third-order valence-corrected chi connectivity index (χ3v) is 9.67. The van der Waals surface area contributed by atoms with E-state index >= 15 is 0 Å². The molecule has 26 heavy (non-hydrogen) atoms. The zero-order valence-corrected chi connectivity index (χ0v) is 18.9. The number of hydrogen-bond donors (Lipinski definition) is 0. The van der Waals surface area contributed by atoms with E-state index < -0.39 is 7.26 Å². The van der Waals surface area contributed by atoms with E-state index in [-0.39, 0.29) is 17.0 Å². The minimum absolute atomic E-state index is 0. The lowest BCUT2D eigenvalue weighted by molar-refractivity contribution is -0.00000484. The van der Waals surface area contributed by atoms with E-state index in [1.165, 1.54) is 21.5 Å². The summed E-state index contributed by atoms with van der Waals surface area (Å²) >= 11 is 3.60. The summed E-state index contributed by atoms with van der Waals surface area (Å²) in [5.41, 5.74) is 1.38. The first-order valence-electron chi connectivity index (χ1n) is 8.54. The molecule has 0 spiro atoms. The van der Waals surface area contributed by atoms with Crippen molar-refractivity contribution in [3.05, 3.63) is 103 Å². The Morgan fingerprint density at radius 1 is 0.731 bits per heavy atom. The molecule has 134 valence electrons. The van der Waals surface area contributed by atoms with Gasteiger partial charge < -0.3 is 17.0 Å². The van der Waals surface area contributed by atoms with Gasteiger partial charge in [0.15, 0.2) is 0 Å². The van der Waals surface area contributed by atoms with E-state index in [0.717, 1.165) is 11.5 Å². The van der Waals surface area contributed by atoms with Crippen LogP contribution in [0.4, 0.5) is 0 Å². The minimum atomic E-state index is -1.72. The zero-order chi connectivity index (χ0) is 17.5. The zero-order valence-electron chi connectivity index (χ0n) is 14.9. The molecule has 0 aliphatic heterocycles. The molecule has 3 heteroatoms. The number of halogens is 2. The van der Waals surface area contributed by atoms with Crippen LogP contribution in [0.3, 0.4) is 0 Å². The maximum absolute atomic E-state index is 3.60. The Balaban J connectivity index is 0.00000243. The molecule has 0 bridgehead atoms. The molecule has 0 fully saturated rings. The Labute approximate surface area is 176 Å². The summed E-state index contributed by atoms with van der Waals surface area (Å²) < 4.78 is 0. The second-order valence-electron chi connectivity index (χ2n) is 6.18.